The molecule has 0 aliphatic rings. The molecule has 0 radical (unpaired) electrons. The molecule has 1 atom stereocenters. The summed E-state index contributed by atoms with van der Waals surface area (Å²) in [4.78, 5) is 0. The number of hydrogen-bond acceptors (Lipinski definition) is 3. The Hall–Kier alpha value is 0.0700. The van der Waals surface area contributed by atoms with Crippen LogP contribution in [0.3, 0.4) is 0 Å². The zero-order valence-corrected chi connectivity index (χ0v) is 5.66. The van der Waals surface area contributed by atoms with Crippen LogP contribution in [-0.4, -0.2) is 28.1 Å². The van der Waals surface area contributed by atoms with Crippen LogP contribution in [0.25, 0.3) is 0 Å². The van der Waals surface area contributed by atoms with E-state index in [1.54, 1.807) is 7.05 Å². The lowest BCUT2D eigenvalue weighted by molar-refractivity contribution is 0.534. The van der Waals surface area contributed by atoms with E-state index >= 15 is 0 Å². The predicted octanol–water partition coefficient (Wildman–Crippen LogP) is -0.525. The summed E-state index contributed by atoms with van der Waals surface area (Å²) in [6.07, 6.45) is 0.701. The van der Waals surface area contributed by atoms with Crippen molar-refractivity contribution in [2.75, 3.05) is 19.3 Å². The fraction of sp³-hybridized carbons (Fsp3) is 1.00. The Balaban J connectivity index is 2.82. The molecular formula is C4H10NO2S-. The van der Waals surface area contributed by atoms with Crippen molar-refractivity contribution in [1.29, 1.82) is 0 Å². The zero-order valence-electron chi connectivity index (χ0n) is 4.85. The normalized spacial score (nSPS) is 13.8. The molecule has 0 aromatic rings. The predicted molar refractivity (Wildman–Crippen MR) is 32.3 cm³/mol. The monoisotopic (exact) mass is 136 g/mol. The van der Waals surface area contributed by atoms with Gasteiger partial charge in [0.15, 0.2) is 0 Å². The molecular weight excluding hydrogens is 126 g/mol. The van der Waals surface area contributed by atoms with Crippen LogP contribution in [0.1, 0.15) is 6.42 Å². The van der Waals surface area contributed by atoms with E-state index in [0.717, 1.165) is 6.54 Å². The van der Waals surface area contributed by atoms with Gasteiger partial charge in [0.2, 0.25) is 0 Å². The highest BCUT2D eigenvalue weighted by molar-refractivity contribution is 7.79. The molecule has 0 bridgehead atoms. The van der Waals surface area contributed by atoms with Crippen LogP contribution in [0.2, 0.25) is 0 Å². The van der Waals surface area contributed by atoms with Crippen molar-refractivity contribution in [3.8, 4) is 0 Å². The molecule has 0 rings (SSSR count). The lowest BCUT2D eigenvalue weighted by Crippen LogP contribution is -2.10. The molecule has 4 heteroatoms. The largest absolute Gasteiger partial charge is 0.772 e. The van der Waals surface area contributed by atoms with Crippen LogP contribution < -0.4 is 5.32 Å². The molecule has 50 valence electrons. The van der Waals surface area contributed by atoms with Gasteiger partial charge in [0.05, 0.1) is 0 Å². The fourth-order valence-electron chi connectivity index (χ4n) is 0.367. The van der Waals surface area contributed by atoms with Crippen LogP contribution in [0, 0.1) is 0 Å². The van der Waals surface area contributed by atoms with Gasteiger partial charge in [-0.25, -0.2) is 0 Å². The van der Waals surface area contributed by atoms with Crippen molar-refractivity contribution in [3.05, 3.63) is 0 Å². The van der Waals surface area contributed by atoms with Crippen molar-refractivity contribution in [1.82, 2.24) is 5.32 Å². The highest BCUT2D eigenvalue weighted by Gasteiger charge is 1.82. The Labute approximate surface area is 51.8 Å². The van der Waals surface area contributed by atoms with Gasteiger partial charge >= 0.3 is 0 Å². The molecule has 1 unspecified atom stereocenters. The molecule has 1 N–H and O–H groups in total. The van der Waals surface area contributed by atoms with E-state index in [1.165, 1.54) is 0 Å². The second kappa shape index (κ2) is 5.21. The summed E-state index contributed by atoms with van der Waals surface area (Å²) in [6, 6.07) is 0. The quantitative estimate of drug-likeness (QED) is 0.418. The van der Waals surface area contributed by atoms with Gasteiger partial charge in [0.1, 0.15) is 0 Å². The van der Waals surface area contributed by atoms with E-state index in [-0.39, 0.29) is 5.75 Å². The number of nitrogens with one attached hydrogen (secondary N) is 1. The zero-order chi connectivity index (χ0) is 6.41. The average molecular weight is 136 g/mol. The van der Waals surface area contributed by atoms with Gasteiger partial charge in [-0.05, 0) is 20.0 Å². The van der Waals surface area contributed by atoms with Crippen molar-refractivity contribution in [2.45, 2.75) is 6.42 Å². The summed E-state index contributed by atoms with van der Waals surface area (Å²) in [7, 11) is 1.80. The van der Waals surface area contributed by atoms with Crippen molar-refractivity contribution < 1.29 is 8.76 Å². The maximum Gasteiger partial charge on any atom is 0.0114 e. The molecule has 0 aliphatic heterocycles. The fourth-order valence-corrected chi connectivity index (χ4v) is 0.747. The van der Waals surface area contributed by atoms with Gasteiger partial charge in [-0.2, -0.15) is 0 Å². The molecule has 0 saturated carbocycles. The molecule has 0 amide bonds. The smallest absolute Gasteiger partial charge is 0.0114 e. The summed E-state index contributed by atoms with van der Waals surface area (Å²) >= 11 is -1.86. The third kappa shape index (κ3) is 6.07. The molecule has 8 heavy (non-hydrogen) atoms. The lowest BCUT2D eigenvalue weighted by atomic mass is 10.5. The molecule has 0 fully saturated rings. The minimum absolute atomic E-state index is 0.265. The van der Waals surface area contributed by atoms with Crippen molar-refractivity contribution >= 4 is 11.1 Å². The topological polar surface area (TPSA) is 52.2 Å². The second-order valence-corrected chi connectivity index (χ2v) is 2.48. The minimum Gasteiger partial charge on any atom is -0.772 e. The third-order valence-electron chi connectivity index (χ3n) is 0.738. The van der Waals surface area contributed by atoms with Gasteiger partial charge in [-0.3, -0.25) is 4.21 Å². The molecule has 0 saturated heterocycles. The van der Waals surface area contributed by atoms with Gasteiger partial charge in [-0.1, -0.05) is 11.1 Å². The first kappa shape index (κ1) is 8.07. The Morgan fingerprint density at radius 3 is 2.75 bits per heavy atom. The highest BCUT2D eigenvalue weighted by atomic mass is 32.2. The SMILES string of the molecule is CNCCCS(=O)[O-]. The first-order valence-corrected chi connectivity index (χ1v) is 3.72. The first-order chi connectivity index (χ1) is 3.77. The summed E-state index contributed by atoms with van der Waals surface area (Å²) < 4.78 is 19.7. The summed E-state index contributed by atoms with van der Waals surface area (Å²) in [5.74, 6) is 0.265. The molecule has 0 aromatic carbocycles. The van der Waals surface area contributed by atoms with E-state index in [2.05, 4.69) is 5.32 Å². The maximum absolute atomic E-state index is 9.85. The summed E-state index contributed by atoms with van der Waals surface area (Å²) in [5.41, 5.74) is 0. The maximum atomic E-state index is 9.85. The molecule has 0 heterocycles. The van der Waals surface area contributed by atoms with E-state index in [1.807, 2.05) is 0 Å². The summed E-state index contributed by atoms with van der Waals surface area (Å²) in [6.45, 7) is 0.772. The van der Waals surface area contributed by atoms with Gasteiger partial charge < -0.3 is 9.87 Å². The Morgan fingerprint density at radius 2 is 2.38 bits per heavy atom. The molecule has 0 spiro atoms. The molecule has 3 nitrogen and oxygen atoms in total. The number of rotatable bonds is 4. The van der Waals surface area contributed by atoms with Crippen LogP contribution in [0.15, 0.2) is 0 Å². The van der Waals surface area contributed by atoms with Gasteiger partial charge in [-0.15, -0.1) is 0 Å². The van der Waals surface area contributed by atoms with E-state index < -0.39 is 11.1 Å². The molecule has 0 aliphatic carbocycles. The third-order valence-corrected chi connectivity index (χ3v) is 1.36. The van der Waals surface area contributed by atoms with E-state index in [9.17, 15) is 8.76 Å². The minimum atomic E-state index is -1.86. The first-order valence-electron chi connectivity index (χ1n) is 2.48. The van der Waals surface area contributed by atoms with E-state index in [0.29, 0.717) is 6.42 Å². The Kier molecular flexibility index (Phi) is 5.26. The van der Waals surface area contributed by atoms with Crippen LogP contribution in [-0.2, 0) is 11.1 Å². The Morgan fingerprint density at radius 1 is 1.75 bits per heavy atom. The highest BCUT2D eigenvalue weighted by Crippen LogP contribution is 1.78. The second-order valence-electron chi connectivity index (χ2n) is 1.46. The van der Waals surface area contributed by atoms with E-state index in [4.69, 9.17) is 0 Å². The van der Waals surface area contributed by atoms with Crippen LogP contribution in [0.4, 0.5) is 0 Å². The average Bonchev–Trinajstić information content (AvgIpc) is 1.66. The Bertz CT molecular complexity index is 76.4. The lowest BCUT2D eigenvalue weighted by Gasteiger charge is -2.02. The standard InChI is InChI=1S/C4H11NO2S/c1-5-3-2-4-8(6)7/h5H,2-4H2,1H3,(H,6,7)/p-1. The summed E-state index contributed by atoms with van der Waals surface area (Å²) in [5, 5.41) is 2.85. The van der Waals surface area contributed by atoms with Gasteiger partial charge in [0.25, 0.3) is 0 Å². The van der Waals surface area contributed by atoms with Crippen molar-refractivity contribution in [2.24, 2.45) is 0 Å². The van der Waals surface area contributed by atoms with Crippen molar-refractivity contribution in [3.63, 3.8) is 0 Å². The van der Waals surface area contributed by atoms with Gasteiger partial charge in [0, 0.05) is 5.75 Å². The van der Waals surface area contributed by atoms with Crippen LogP contribution in [0.5, 0.6) is 0 Å². The molecule has 0 aromatic heterocycles. The van der Waals surface area contributed by atoms with Crippen LogP contribution >= 0.6 is 0 Å². The number of hydrogen-bond donors (Lipinski definition) is 1.